The number of nitrogens with two attached hydrogens (primary N) is 1. The zero-order chi connectivity index (χ0) is 13.3. The number of oxime groups is 1. The Morgan fingerprint density at radius 1 is 1.47 bits per heavy atom. The van der Waals surface area contributed by atoms with Gasteiger partial charge in [-0.1, -0.05) is 19.0 Å². The number of alkyl halides is 2. The number of nitrogens with one attached hydrogen (secondary N) is 1. The minimum Gasteiger partial charge on any atom is -0.409 e. The molecular weight excluding hydrogens is 232 g/mol. The van der Waals surface area contributed by atoms with Crippen molar-refractivity contribution in [3.63, 3.8) is 0 Å². The van der Waals surface area contributed by atoms with Gasteiger partial charge in [-0.15, -0.1) is 0 Å². The van der Waals surface area contributed by atoms with Gasteiger partial charge in [-0.25, -0.2) is 8.78 Å². The van der Waals surface area contributed by atoms with Gasteiger partial charge >= 0.3 is 0 Å². The Labute approximate surface area is 100 Å². The van der Waals surface area contributed by atoms with Crippen molar-refractivity contribution in [3.05, 3.63) is 0 Å². The number of ether oxygens (including phenoxy) is 1. The van der Waals surface area contributed by atoms with Gasteiger partial charge in [-0.05, 0) is 13.0 Å². The lowest BCUT2D eigenvalue weighted by molar-refractivity contribution is 0.0187. The molecule has 0 aliphatic heterocycles. The molecule has 0 spiro atoms. The zero-order valence-corrected chi connectivity index (χ0v) is 10.2. The van der Waals surface area contributed by atoms with E-state index in [1.165, 1.54) is 0 Å². The first-order chi connectivity index (χ1) is 7.90. The maximum atomic E-state index is 11.7. The third kappa shape index (κ3) is 7.87. The van der Waals surface area contributed by atoms with E-state index in [-0.39, 0.29) is 12.4 Å². The van der Waals surface area contributed by atoms with Crippen LogP contribution in [0.25, 0.3) is 0 Å². The normalized spacial score (nSPS) is 13.4. The predicted molar refractivity (Wildman–Crippen MR) is 61.5 cm³/mol. The Bertz CT molecular complexity index is 236. The highest BCUT2D eigenvalue weighted by molar-refractivity contribution is 5.85. The van der Waals surface area contributed by atoms with Crippen LogP contribution in [0.3, 0.4) is 0 Å². The van der Waals surface area contributed by atoms with Gasteiger partial charge in [0.1, 0.15) is 12.4 Å². The van der Waals surface area contributed by atoms with Crippen LogP contribution in [-0.2, 0) is 4.74 Å². The highest BCUT2D eigenvalue weighted by atomic mass is 19.3. The minimum atomic E-state index is -2.42. The predicted octanol–water partition coefficient (Wildman–Crippen LogP) is 1.02. The summed E-state index contributed by atoms with van der Waals surface area (Å²) in [6.45, 7) is 4.57. The highest BCUT2D eigenvalue weighted by Crippen LogP contribution is 2.19. The molecule has 0 saturated carbocycles. The first kappa shape index (κ1) is 16.1. The summed E-state index contributed by atoms with van der Waals surface area (Å²) < 4.78 is 28.1. The molecule has 4 N–H and O–H groups in total. The quantitative estimate of drug-likeness (QED) is 0.188. The molecule has 5 nitrogen and oxygen atoms in total. The van der Waals surface area contributed by atoms with E-state index >= 15 is 0 Å². The van der Waals surface area contributed by atoms with Gasteiger partial charge in [-0.2, -0.15) is 0 Å². The summed E-state index contributed by atoms with van der Waals surface area (Å²) in [5, 5.41) is 14.5. The molecule has 17 heavy (non-hydrogen) atoms. The van der Waals surface area contributed by atoms with E-state index < -0.39 is 18.4 Å². The van der Waals surface area contributed by atoms with E-state index in [2.05, 4.69) is 10.5 Å². The van der Waals surface area contributed by atoms with Gasteiger partial charge in [0.2, 0.25) is 0 Å². The number of nitrogens with zero attached hydrogens (tertiary/aromatic N) is 1. The number of halogens is 2. The Balaban J connectivity index is 3.52. The molecule has 0 aliphatic carbocycles. The smallest absolute Gasteiger partial charge is 0.261 e. The van der Waals surface area contributed by atoms with E-state index in [4.69, 9.17) is 15.7 Å². The van der Waals surface area contributed by atoms with E-state index in [9.17, 15) is 8.78 Å². The van der Waals surface area contributed by atoms with Gasteiger partial charge < -0.3 is 21.0 Å². The molecule has 0 fully saturated rings. The van der Waals surface area contributed by atoms with Gasteiger partial charge in [0, 0.05) is 12.0 Å². The third-order valence-electron chi connectivity index (χ3n) is 2.39. The van der Waals surface area contributed by atoms with Gasteiger partial charge in [0.25, 0.3) is 6.43 Å². The van der Waals surface area contributed by atoms with Crippen LogP contribution in [0.2, 0.25) is 0 Å². The standard InChI is InChI=1S/C10H21F2N3O2/c1-10(2,9(13)15-16)3-4-14-5-6-17-7-8(11)12/h8,14,16H,3-7H2,1-2H3,(H2,13,15). The second-order valence-electron chi connectivity index (χ2n) is 4.34. The summed E-state index contributed by atoms with van der Waals surface area (Å²) in [7, 11) is 0. The summed E-state index contributed by atoms with van der Waals surface area (Å²) in [4.78, 5) is 0. The second kappa shape index (κ2) is 8.19. The van der Waals surface area contributed by atoms with Crippen molar-refractivity contribution >= 4 is 5.84 Å². The van der Waals surface area contributed by atoms with Crippen molar-refractivity contribution in [2.45, 2.75) is 26.7 Å². The van der Waals surface area contributed by atoms with Crippen LogP contribution in [0.5, 0.6) is 0 Å². The molecule has 7 heteroatoms. The second-order valence-corrected chi connectivity index (χ2v) is 4.34. The average molecular weight is 253 g/mol. The van der Waals surface area contributed by atoms with Crippen molar-refractivity contribution in [1.82, 2.24) is 5.32 Å². The Hall–Kier alpha value is -0.950. The highest BCUT2D eigenvalue weighted by Gasteiger charge is 2.22. The van der Waals surface area contributed by atoms with E-state index in [1.54, 1.807) is 0 Å². The lowest BCUT2D eigenvalue weighted by Gasteiger charge is -2.22. The van der Waals surface area contributed by atoms with Crippen molar-refractivity contribution in [2.75, 3.05) is 26.3 Å². The first-order valence-corrected chi connectivity index (χ1v) is 5.44. The topological polar surface area (TPSA) is 79.9 Å². The van der Waals surface area contributed by atoms with Gasteiger partial charge in [0.15, 0.2) is 0 Å². The number of hydrogen-bond donors (Lipinski definition) is 3. The molecule has 0 heterocycles. The Kier molecular flexibility index (Phi) is 7.73. The minimum absolute atomic E-state index is 0.174. The van der Waals surface area contributed by atoms with Crippen LogP contribution in [0.15, 0.2) is 5.16 Å². The van der Waals surface area contributed by atoms with Gasteiger partial charge in [-0.3, -0.25) is 0 Å². The van der Waals surface area contributed by atoms with Crippen molar-refractivity contribution in [2.24, 2.45) is 16.3 Å². The van der Waals surface area contributed by atoms with Gasteiger partial charge in [0.05, 0.1) is 6.61 Å². The fourth-order valence-electron chi connectivity index (χ4n) is 1.11. The molecule has 0 aromatic heterocycles. The van der Waals surface area contributed by atoms with Crippen molar-refractivity contribution < 1.29 is 18.7 Å². The molecule has 0 bridgehead atoms. The Morgan fingerprint density at radius 3 is 2.65 bits per heavy atom. The van der Waals surface area contributed by atoms with E-state index in [0.29, 0.717) is 19.5 Å². The summed E-state index contributed by atoms with van der Waals surface area (Å²) in [5.41, 5.74) is 5.11. The molecule has 102 valence electrons. The number of amidine groups is 1. The summed E-state index contributed by atoms with van der Waals surface area (Å²) in [6.07, 6.45) is -1.74. The lowest BCUT2D eigenvalue weighted by Crippen LogP contribution is -2.35. The van der Waals surface area contributed by atoms with Crippen LogP contribution in [0, 0.1) is 5.41 Å². The maximum Gasteiger partial charge on any atom is 0.261 e. The number of rotatable bonds is 9. The van der Waals surface area contributed by atoms with E-state index in [0.717, 1.165) is 0 Å². The summed E-state index contributed by atoms with van der Waals surface area (Å²) >= 11 is 0. The molecule has 0 aromatic rings. The molecule has 0 atom stereocenters. The maximum absolute atomic E-state index is 11.7. The van der Waals surface area contributed by atoms with Crippen LogP contribution in [-0.4, -0.2) is 43.8 Å². The third-order valence-corrected chi connectivity index (χ3v) is 2.39. The zero-order valence-electron chi connectivity index (χ0n) is 10.2. The largest absolute Gasteiger partial charge is 0.409 e. The van der Waals surface area contributed by atoms with Crippen LogP contribution in [0.1, 0.15) is 20.3 Å². The Morgan fingerprint density at radius 2 is 2.12 bits per heavy atom. The fourth-order valence-corrected chi connectivity index (χ4v) is 1.11. The summed E-state index contributed by atoms with van der Waals surface area (Å²) in [5.74, 6) is 0.174. The van der Waals surface area contributed by atoms with Crippen LogP contribution >= 0.6 is 0 Å². The SMILES string of the molecule is CC(C)(CCNCCOCC(F)F)C(N)=NO. The van der Waals surface area contributed by atoms with Crippen molar-refractivity contribution in [3.8, 4) is 0 Å². The van der Waals surface area contributed by atoms with Crippen LogP contribution < -0.4 is 11.1 Å². The van der Waals surface area contributed by atoms with Crippen LogP contribution in [0.4, 0.5) is 8.78 Å². The fraction of sp³-hybridized carbons (Fsp3) is 0.900. The monoisotopic (exact) mass is 253 g/mol. The average Bonchev–Trinajstić information content (AvgIpc) is 2.26. The first-order valence-electron chi connectivity index (χ1n) is 5.44. The lowest BCUT2D eigenvalue weighted by atomic mass is 9.88. The molecule has 0 unspecified atom stereocenters. The molecule has 0 rings (SSSR count). The molecule has 0 saturated heterocycles. The molecule has 0 aliphatic rings. The number of hydrogen-bond acceptors (Lipinski definition) is 4. The summed E-state index contributed by atoms with van der Waals surface area (Å²) in [6, 6.07) is 0. The molecule has 0 amide bonds. The molecule has 0 radical (unpaired) electrons. The molecule has 0 aromatic carbocycles. The van der Waals surface area contributed by atoms with Crippen molar-refractivity contribution in [1.29, 1.82) is 0 Å². The van der Waals surface area contributed by atoms with E-state index in [1.807, 2.05) is 13.8 Å². The molecular formula is C10H21F2N3O2.